The molecule has 0 aliphatic carbocycles. The van der Waals surface area contributed by atoms with Crippen molar-refractivity contribution in [2.75, 3.05) is 12.3 Å². The number of thiazole rings is 1. The molecule has 148 valence electrons. The average Bonchev–Trinajstić information content (AvgIpc) is 3.27. The van der Waals surface area contributed by atoms with Gasteiger partial charge in [-0.1, -0.05) is 35.7 Å². The maximum absolute atomic E-state index is 11.8. The smallest absolute Gasteiger partial charge is 0.321 e. The standard InChI is InChI=1S/C17H20N6O2S3/c1-3-18-15(25)20-14(24)10-26-16-22-21-13(23(16)4-2)9-27-17-19-11-7-5-6-8-12(11)28-17/h5-8H,3-4,9-10H2,1-2H3,(H2,18,20,24,25). The van der Waals surface area contributed by atoms with Gasteiger partial charge < -0.3 is 9.88 Å². The fraction of sp³-hybridized carbons (Fsp3) is 0.353. The molecule has 2 aromatic heterocycles. The summed E-state index contributed by atoms with van der Waals surface area (Å²) in [6.07, 6.45) is 0. The predicted molar refractivity (Wildman–Crippen MR) is 113 cm³/mol. The van der Waals surface area contributed by atoms with E-state index in [2.05, 4.69) is 31.9 Å². The van der Waals surface area contributed by atoms with E-state index in [-0.39, 0.29) is 11.7 Å². The highest BCUT2D eigenvalue weighted by atomic mass is 32.2. The first-order chi connectivity index (χ1) is 13.6. The van der Waals surface area contributed by atoms with Crippen LogP contribution in [-0.4, -0.2) is 44.0 Å². The van der Waals surface area contributed by atoms with Gasteiger partial charge in [0.25, 0.3) is 0 Å². The van der Waals surface area contributed by atoms with Gasteiger partial charge in [-0.05, 0) is 26.0 Å². The molecule has 1 aromatic carbocycles. The van der Waals surface area contributed by atoms with Crippen molar-refractivity contribution in [2.45, 2.75) is 35.6 Å². The molecule has 8 nitrogen and oxygen atoms in total. The average molecular weight is 437 g/mol. The molecule has 0 aliphatic rings. The summed E-state index contributed by atoms with van der Waals surface area (Å²) in [5.74, 6) is 1.21. The number of benzene rings is 1. The van der Waals surface area contributed by atoms with Crippen molar-refractivity contribution in [3.63, 3.8) is 0 Å². The number of rotatable bonds is 8. The van der Waals surface area contributed by atoms with Gasteiger partial charge in [-0.15, -0.1) is 21.5 Å². The van der Waals surface area contributed by atoms with Gasteiger partial charge in [0.15, 0.2) is 9.50 Å². The Hall–Kier alpha value is -2.11. The first kappa shape index (κ1) is 20.6. The van der Waals surface area contributed by atoms with Crippen LogP contribution in [0.2, 0.25) is 0 Å². The molecule has 0 unspecified atom stereocenters. The van der Waals surface area contributed by atoms with Gasteiger partial charge >= 0.3 is 6.03 Å². The van der Waals surface area contributed by atoms with Crippen molar-refractivity contribution in [2.24, 2.45) is 0 Å². The molecule has 0 aliphatic heterocycles. The molecule has 0 saturated heterocycles. The summed E-state index contributed by atoms with van der Waals surface area (Å²) in [5.41, 5.74) is 1.00. The lowest BCUT2D eigenvalue weighted by Crippen LogP contribution is -2.40. The third kappa shape index (κ3) is 5.24. The van der Waals surface area contributed by atoms with Gasteiger partial charge in [0.1, 0.15) is 5.82 Å². The van der Waals surface area contributed by atoms with Crippen LogP contribution in [0, 0.1) is 0 Å². The summed E-state index contributed by atoms with van der Waals surface area (Å²) in [4.78, 5) is 27.8. The third-order valence-electron chi connectivity index (χ3n) is 3.63. The van der Waals surface area contributed by atoms with Crippen LogP contribution in [0.25, 0.3) is 10.2 Å². The lowest BCUT2D eigenvalue weighted by Gasteiger charge is -2.07. The van der Waals surface area contributed by atoms with Crippen LogP contribution in [0.3, 0.4) is 0 Å². The molecule has 3 rings (SSSR count). The molecule has 0 fully saturated rings. The second-order valence-corrected chi connectivity index (χ2v) is 8.77. The Bertz CT molecular complexity index is 938. The summed E-state index contributed by atoms with van der Waals surface area (Å²) in [6.45, 7) is 4.96. The summed E-state index contributed by atoms with van der Waals surface area (Å²) in [5, 5.41) is 13.9. The molecule has 11 heteroatoms. The van der Waals surface area contributed by atoms with Crippen molar-refractivity contribution >= 4 is 57.0 Å². The highest BCUT2D eigenvalue weighted by Crippen LogP contribution is 2.31. The Morgan fingerprint density at radius 3 is 2.75 bits per heavy atom. The first-order valence-electron chi connectivity index (χ1n) is 8.71. The molecule has 0 spiro atoms. The number of nitrogens with zero attached hydrogens (tertiary/aromatic N) is 4. The molecule has 0 radical (unpaired) electrons. The van der Waals surface area contributed by atoms with Crippen LogP contribution in [0.15, 0.2) is 33.8 Å². The minimum absolute atomic E-state index is 0.0975. The second-order valence-electron chi connectivity index (χ2n) is 5.58. The Balaban J connectivity index is 1.58. The van der Waals surface area contributed by atoms with E-state index in [1.165, 1.54) is 11.8 Å². The normalized spacial score (nSPS) is 10.9. The van der Waals surface area contributed by atoms with Crippen molar-refractivity contribution in [1.82, 2.24) is 30.4 Å². The van der Waals surface area contributed by atoms with Crippen molar-refractivity contribution in [1.29, 1.82) is 0 Å². The molecular weight excluding hydrogens is 416 g/mol. The van der Waals surface area contributed by atoms with Crippen LogP contribution in [0.1, 0.15) is 19.7 Å². The highest BCUT2D eigenvalue weighted by molar-refractivity contribution is 8.00. The van der Waals surface area contributed by atoms with E-state index >= 15 is 0 Å². The van der Waals surface area contributed by atoms with Gasteiger partial charge in [-0.3, -0.25) is 10.1 Å². The Morgan fingerprint density at radius 2 is 2.00 bits per heavy atom. The molecule has 3 aromatic rings. The van der Waals surface area contributed by atoms with E-state index < -0.39 is 6.03 Å². The number of imide groups is 1. The SMILES string of the molecule is CCNC(=O)NC(=O)CSc1nnc(CSc2nc3ccccc3s2)n1CC. The number of carbonyl (C=O) groups excluding carboxylic acids is 2. The number of urea groups is 1. The summed E-state index contributed by atoms with van der Waals surface area (Å²) >= 11 is 4.54. The molecule has 3 amide bonds. The number of hydrogen-bond acceptors (Lipinski definition) is 8. The number of amides is 3. The summed E-state index contributed by atoms with van der Waals surface area (Å²) in [6, 6.07) is 7.57. The van der Waals surface area contributed by atoms with Gasteiger partial charge in [-0.2, -0.15) is 0 Å². The molecule has 0 atom stereocenters. The highest BCUT2D eigenvalue weighted by Gasteiger charge is 2.15. The minimum atomic E-state index is -0.488. The van der Waals surface area contributed by atoms with Crippen LogP contribution >= 0.6 is 34.9 Å². The van der Waals surface area contributed by atoms with Gasteiger partial charge in [0, 0.05) is 13.1 Å². The maximum Gasteiger partial charge on any atom is 0.321 e. The monoisotopic (exact) mass is 436 g/mol. The quantitative estimate of drug-likeness (QED) is 0.523. The molecule has 28 heavy (non-hydrogen) atoms. The van der Waals surface area contributed by atoms with Crippen LogP contribution in [0.5, 0.6) is 0 Å². The number of fused-ring (bicyclic) bond motifs is 1. The number of para-hydroxylation sites is 1. The van der Waals surface area contributed by atoms with Crippen LogP contribution in [0.4, 0.5) is 4.79 Å². The van der Waals surface area contributed by atoms with Crippen molar-refractivity contribution in [3.8, 4) is 0 Å². The molecule has 2 N–H and O–H groups in total. The van der Waals surface area contributed by atoms with E-state index in [0.29, 0.717) is 24.0 Å². The van der Waals surface area contributed by atoms with E-state index in [4.69, 9.17) is 0 Å². The topological polar surface area (TPSA) is 102 Å². The zero-order chi connectivity index (χ0) is 19.9. The van der Waals surface area contributed by atoms with E-state index in [1.807, 2.05) is 29.7 Å². The third-order valence-corrected chi connectivity index (χ3v) is 6.77. The lowest BCUT2D eigenvalue weighted by molar-refractivity contribution is -0.117. The summed E-state index contributed by atoms with van der Waals surface area (Å²) in [7, 11) is 0. The zero-order valence-electron chi connectivity index (χ0n) is 15.5. The van der Waals surface area contributed by atoms with Gasteiger partial charge in [0.05, 0.1) is 21.7 Å². The molecule has 0 saturated carbocycles. The fourth-order valence-corrected chi connectivity index (χ4v) is 5.22. The van der Waals surface area contributed by atoms with Gasteiger partial charge in [-0.25, -0.2) is 9.78 Å². The fourth-order valence-electron chi connectivity index (χ4n) is 2.39. The van der Waals surface area contributed by atoms with E-state index in [9.17, 15) is 9.59 Å². The number of hydrogen-bond donors (Lipinski definition) is 2. The Labute approximate surface area is 174 Å². The van der Waals surface area contributed by atoms with Gasteiger partial charge in [0.2, 0.25) is 5.91 Å². The zero-order valence-corrected chi connectivity index (χ0v) is 17.9. The minimum Gasteiger partial charge on any atom is -0.338 e. The maximum atomic E-state index is 11.8. The van der Waals surface area contributed by atoms with Crippen LogP contribution in [-0.2, 0) is 17.1 Å². The number of carbonyl (C=O) groups is 2. The molecule has 0 bridgehead atoms. The Morgan fingerprint density at radius 1 is 1.18 bits per heavy atom. The molecule has 2 heterocycles. The lowest BCUT2D eigenvalue weighted by atomic mass is 10.3. The second kappa shape index (κ2) is 9.89. The Kier molecular flexibility index (Phi) is 7.29. The van der Waals surface area contributed by atoms with Crippen LogP contribution < -0.4 is 10.6 Å². The van der Waals surface area contributed by atoms with Crippen molar-refractivity contribution < 1.29 is 9.59 Å². The summed E-state index contributed by atoms with van der Waals surface area (Å²) < 4.78 is 4.13. The largest absolute Gasteiger partial charge is 0.338 e. The first-order valence-corrected chi connectivity index (χ1v) is 11.5. The number of nitrogens with one attached hydrogen (secondary N) is 2. The molecular formula is C17H20N6O2S3. The number of aromatic nitrogens is 4. The van der Waals surface area contributed by atoms with E-state index in [0.717, 1.165) is 20.4 Å². The van der Waals surface area contributed by atoms with E-state index in [1.54, 1.807) is 30.0 Å². The van der Waals surface area contributed by atoms with Crippen molar-refractivity contribution in [3.05, 3.63) is 30.1 Å². The predicted octanol–water partition coefficient (Wildman–Crippen LogP) is 3.14. The number of thioether (sulfide) groups is 2.